The first-order valence-electron chi connectivity index (χ1n) is 4.55. The Morgan fingerprint density at radius 2 is 2.07 bits per heavy atom. The lowest BCUT2D eigenvalue weighted by Gasteiger charge is -2.11. The molecule has 1 unspecified atom stereocenters. The van der Waals surface area contributed by atoms with Crippen LogP contribution in [0.5, 0.6) is 0 Å². The van der Waals surface area contributed by atoms with Crippen LogP contribution in [0.25, 0.3) is 0 Å². The molecular formula is C11H10FN3. The normalized spacial score (nSPS) is 12.4. The van der Waals surface area contributed by atoms with E-state index in [1.807, 2.05) is 6.07 Å². The quantitative estimate of drug-likeness (QED) is 0.807. The maximum atomic E-state index is 13.4. The molecule has 0 radical (unpaired) electrons. The average molecular weight is 203 g/mol. The van der Waals surface area contributed by atoms with Crippen molar-refractivity contribution >= 4 is 0 Å². The molecule has 1 atom stereocenters. The Morgan fingerprint density at radius 3 is 2.73 bits per heavy atom. The van der Waals surface area contributed by atoms with Crippen molar-refractivity contribution in [3.63, 3.8) is 0 Å². The fourth-order valence-electron chi connectivity index (χ4n) is 1.36. The smallest absolute Gasteiger partial charge is 0.146 e. The number of hydrogen-bond acceptors (Lipinski definition) is 3. The molecule has 2 aromatic heterocycles. The minimum atomic E-state index is -0.547. The van der Waals surface area contributed by atoms with E-state index in [0.29, 0.717) is 11.3 Å². The zero-order valence-corrected chi connectivity index (χ0v) is 7.97. The molecule has 0 fully saturated rings. The second-order valence-electron chi connectivity index (χ2n) is 3.13. The summed E-state index contributed by atoms with van der Waals surface area (Å²) in [6.07, 6.45) is 4.30. The predicted molar refractivity (Wildman–Crippen MR) is 54.5 cm³/mol. The van der Waals surface area contributed by atoms with Gasteiger partial charge in [0.1, 0.15) is 5.82 Å². The Balaban J connectivity index is 2.37. The number of rotatable bonds is 2. The molecule has 2 N–H and O–H groups in total. The van der Waals surface area contributed by atoms with Gasteiger partial charge in [0.05, 0.1) is 17.9 Å². The molecular weight excluding hydrogens is 193 g/mol. The van der Waals surface area contributed by atoms with E-state index >= 15 is 0 Å². The Labute approximate surface area is 86.8 Å². The molecule has 15 heavy (non-hydrogen) atoms. The minimum Gasteiger partial charge on any atom is -0.319 e. The van der Waals surface area contributed by atoms with Crippen LogP contribution in [-0.2, 0) is 0 Å². The van der Waals surface area contributed by atoms with E-state index in [1.54, 1.807) is 24.4 Å². The molecule has 0 aliphatic carbocycles. The van der Waals surface area contributed by atoms with E-state index in [4.69, 9.17) is 5.73 Å². The topological polar surface area (TPSA) is 51.8 Å². The molecule has 3 nitrogen and oxygen atoms in total. The first-order valence-corrected chi connectivity index (χ1v) is 4.55. The number of nitrogens with zero attached hydrogens (tertiary/aromatic N) is 2. The van der Waals surface area contributed by atoms with Gasteiger partial charge in [-0.2, -0.15) is 0 Å². The van der Waals surface area contributed by atoms with Crippen LogP contribution in [0.2, 0.25) is 0 Å². The number of aromatic nitrogens is 2. The Kier molecular flexibility index (Phi) is 2.69. The van der Waals surface area contributed by atoms with Gasteiger partial charge in [0.2, 0.25) is 0 Å². The van der Waals surface area contributed by atoms with Crippen molar-refractivity contribution in [1.29, 1.82) is 0 Å². The molecule has 0 aliphatic heterocycles. The molecule has 0 aliphatic rings. The van der Waals surface area contributed by atoms with Gasteiger partial charge in [0.25, 0.3) is 0 Å². The summed E-state index contributed by atoms with van der Waals surface area (Å²) < 4.78 is 13.4. The first kappa shape index (κ1) is 9.73. The van der Waals surface area contributed by atoms with Crippen LogP contribution in [0, 0.1) is 5.82 Å². The van der Waals surface area contributed by atoms with Crippen LogP contribution in [0.1, 0.15) is 17.3 Å². The average Bonchev–Trinajstić information content (AvgIpc) is 2.30. The molecule has 76 valence electrons. The minimum absolute atomic E-state index is 0.406. The van der Waals surface area contributed by atoms with Gasteiger partial charge >= 0.3 is 0 Å². The van der Waals surface area contributed by atoms with Gasteiger partial charge in [-0.1, -0.05) is 6.07 Å². The van der Waals surface area contributed by atoms with E-state index < -0.39 is 11.9 Å². The Hall–Kier alpha value is -1.81. The highest BCUT2D eigenvalue weighted by molar-refractivity contribution is 5.26. The van der Waals surface area contributed by atoms with E-state index in [0.717, 1.165) is 6.20 Å². The highest BCUT2D eigenvalue weighted by Gasteiger charge is 2.13. The standard InChI is InChI=1S/C11H10FN3/c12-9-7-14-6-4-8(9)11(13)10-3-1-2-5-15-10/h1-7,11H,13H2. The van der Waals surface area contributed by atoms with Crippen molar-refractivity contribution in [2.24, 2.45) is 5.73 Å². The second-order valence-corrected chi connectivity index (χ2v) is 3.13. The van der Waals surface area contributed by atoms with Crippen LogP contribution in [-0.4, -0.2) is 9.97 Å². The fourth-order valence-corrected chi connectivity index (χ4v) is 1.36. The Bertz CT molecular complexity index is 445. The lowest BCUT2D eigenvalue weighted by Crippen LogP contribution is -2.15. The third kappa shape index (κ3) is 1.99. The van der Waals surface area contributed by atoms with Crippen LogP contribution in [0.3, 0.4) is 0 Å². The van der Waals surface area contributed by atoms with Crippen molar-refractivity contribution in [2.45, 2.75) is 6.04 Å². The highest BCUT2D eigenvalue weighted by Crippen LogP contribution is 2.18. The van der Waals surface area contributed by atoms with Crippen LogP contribution in [0.15, 0.2) is 42.9 Å². The van der Waals surface area contributed by atoms with Gasteiger partial charge in [-0.15, -0.1) is 0 Å². The van der Waals surface area contributed by atoms with Crippen molar-refractivity contribution in [3.05, 3.63) is 59.9 Å². The molecule has 2 heterocycles. The highest BCUT2D eigenvalue weighted by atomic mass is 19.1. The molecule has 2 rings (SSSR count). The lowest BCUT2D eigenvalue weighted by atomic mass is 10.1. The van der Waals surface area contributed by atoms with Gasteiger partial charge in [0, 0.05) is 18.0 Å². The zero-order chi connectivity index (χ0) is 10.7. The summed E-state index contributed by atoms with van der Waals surface area (Å²) in [5, 5.41) is 0. The summed E-state index contributed by atoms with van der Waals surface area (Å²) in [6.45, 7) is 0. The molecule has 0 aromatic carbocycles. The van der Waals surface area contributed by atoms with Crippen molar-refractivity contribution in [2.75, 3.05) is 0 Å². The third-order valence-electron chi connectivity index (χ3n) is 2.15. The summed E-state index contributed by atoms with van der Waals surface area (Å²) in [4.78, 5) is 7.75. The molecule has 0 saturated heterocycles. The molecule has 0 amide bonds. The summed E-state index contributed by atoms with van der Waals surface area (Å²) in [5.74, 6) is -0.407. The van der Waals surface area contributed by atoms with Crippen molar-refractivity contribution in [1.82, 2.24) is 9.97 Å². The van der Waals surface area contributed by atoms with E-state index in [9.17, 15) is 4.39 Å². The SMILES string of the molecule is NC(c1ccccn1)c1ccncc1F. The summed E-state index contributed by atoms with van der Waals surface area (Å²) >= 11 is 0. The van der Waals surface area contributed by atoms with Gasteiger partial charge < -0.3 is 5.73 Å². The van der Waals surface area contributed by atoms with E-state index in [1.165, 1.54) is 6.20 Å². The van der Waals surface area contributed by atoms with Gasteiger partial charge in [-0.25, -0.2) is 4.39 Å². The van der Waals surface area contributed by atoms with Crippen molar-refractivity contribution < 1.29 is 4.39 Å². The largest absolute Gasteiger partial charge is 0.319 e. The molecule has 2 aromatic rings. The van der Waals surface area contributed by atoms with Gasteiger partial charge in [-0.3, -0.25) is 9.97 Å². The maximum absolute atomic E-state index is 13.4. The van der Waals surface area contributed by atoms with Gasteiger partial charge in [-0.05, 0) is 18.2 Å². The summed E-state index contributed by atoms with van der Waals surface area (Å²) in [5.41, 5.74) is 6.93. The molecule has 0 spiro atoms. The van der Waals surface area contributed by atoms with Crippen LogP contribution >= 0.6 is 0 Å². The van der Waals surface area contributed by atoms with E-state index in [2.05, 4.69) is 9.97 Å². The summed E-state index contributed by atoms with van der Waals surface area (Å²) in [7, 11) is 0. The molecule has 4 heteroatoms. The third-order valence-corrected chi connectivity index (χ3v) is 2.15. The zero-order valence-electron chi connectivity index (χ0n) is 7.97. The molecule has 0 bridgehead atoms. The predicted octanol–water partition coefficient (Wildman–Crippen LogP) is 1.66. The number of hydrogen-bond donors (Lipinski definition) is 1. The maximum Gasteiger partial charge on any atom is 0.146 e. The Morgan fingerprint density at radius 1 is 1.20 bits per heavy atom. The fraction of sp³-hybridized carbons (Fsp3) is 0.0909. The first-order chi connectivity index (χ1) is 7.29. The number of nitrogens with two attached hydrogens (primary N) is 1. The number of pyridine rings is 2. The summed E-state index contributed by atoms with van der Waals surface area (Å²) in [6, 6.07) is 6.40. The molecule has 0 saturated carbocycles. The number of halogens is 1. The lowest BCUT2D eigenvalue weighted by molar-refractivity contribution is 0.591. The van der Waals surface area contributed by atoms with Gasteiger partial charge in [0.15, 0.2) is 0 Å². The van der Waals surface area contributed by atoms with E-state index in [-0.39, 0.29) is 0 Å². The van der Waals surface area contributed by atoms with Crippen LogP contribution in [0.4, 0.5) is 4.39 Å². The van der Waals surface area contributed by atoms with Crippen molar-refractivity contribution in [3.8, 4) is 0 Å². The van der Waals surface area contributed by atoms with Crippen LogP contribution < -0.4 is 5.73 Å². The second kappa shape index (κ2) is 4.14. The monoisotopic (exact) mass is 203 g/mol.